The van der Waals surface area contributed by atoms with Gasteiger partial charge in [-0.25, -0.2) is 4.79 Å². The second-order valence-corrected chi connectivity index (χ2v) is 10.3. The van der Waals surface area contributed by atoms with E-state index in [0.29, 0.717) is 6.61 Å². The van der Waals surface area contributed by atoms with Crippen LogP contribution in [-0.2, 0) is 15.8 Å². The zero-order valence-corrected chi connectivity index (χ0v) is 16.8. The first-order valence-electron chi connectivity index (χ1n) is 8.92. The van der Waals surface area contributed by atoms with Gasteiger partial charge in [-0.15, -0.1) is 0 Å². The summed E-state index contributed by atoms with van der Waals surface area (Å²) >= 11 is 0. The molecule has 1 heterocycles. The van der Waals surface area contributed by atoms with E-state index in [1.807, 2.05) is 35.2 Å². The number of benzene rings is 1. The summed E-state index contributed by atoms with van der Waals surface area (Å²) in [5.74, 6) is 0. The molecule has 4 nitrogen and oxygen atoms in total. The van der Waals surface area contributed by atoms with Gasteiger partial charge in [0.05, 0.1) is 12.1 Å². The van der Waals surface area contributed by atoms with Gasteiger partial charge in [0.25, 0.3) is 0 Å². The Hall–Kier alpha value is -1.33. The number of likely N-dealkylation sites (tertiary alicyclic amines) is 1. The van der Waals surface area contributed by atoms with Crippen LogP contribution in [0.15, 0.2) is 30.3 Å². The van der Waals surface area contributed by atoms with Crippen LogP contribution in [0.1, 0.15) is 39.2 Å². The van der Waals surface area contributed by atoms with Gasteiger partial charge in [0.15, 0.2) is 9.04 Å². The van der Waals surface area contributed by atoms with Crippen LogP contribution in [-0.4, -0.2) is 38.7 Å². The molecule has 1 aromatic carbocycles. The molecule has 0 aromatic heterocycles. The van der Waals surface area contributed by atoms with Crippen LogP contribution in [0.25, 0.3) is 0 Å². The number of nitrogens with zero attached hydrogens (tertiary/aromatic N) is 1. The number of hydrogen-bond acceptors (Lipinski definition) is 3. The Labute approximate surface area is 147 Å². The van der Waals surface area contributed by atoms with E-state index in [4.69, 9.17) is 9.16 Å². The van der Waals surface area contributed by atoms with Gasteiger partial charge in [0.1, 0.15) is 6.61 Å². The summed E-state index contributed by atoms with van der Waals surface area (Å²) in [6.45, 7) is 12.0. The van der Waals surface area contributed by atoms with Gasteiger partial charge in [0, 0.05) is 6.54 Å². The summed E-state index contributed by atoms with van der Waals surface area (Å²) in [6.07, 6.45) is 1.85. The Morgan fingerprint density at radius 1 is 1.29 bits per heavy atom. The molecular formula is C19H31NO3Si. The molecule has 1 aliphatic heterocycles. The predicted molar refractivity (Wildman–Crippen MR) is 99.6 cm³/mol. The second-order valence-electron chi connectivity index (χ2n) is 7.91. The lowest BCUT2D eigenvalue weighted by molar-refractivity contribution is 0.00852. The third-order valence-corrected chi connectivity index (χ3v) is 5.20. The first-order chi connectivity index (χ1) is 11.3. The lowest BCUT2D eigenvalue weighted by Gasteiger charge is -2.40. The number of rotatable bonds is 5. The van der Waals surface area contributed by atoms with Crippen molar-refractivity contribution in [3.05, 3.63) is 35.9 Å². The maximum absolute atomic E-state index is 12.6. The van der Waals surface area contributed by atoms with E-state index in [-0.39, 0.29) is 23.7 Å². The largest absolute Gasteiger partial charge is 0.445 e. The molecule has 2 rings (SSSR count). The Bertz CT molecular complexity index is 527. The Morgan fingerprint density at radius 2 is 1.96 bits per heavy atom. The molecule has 0 N–H and O–H groups in total. The van der Waals surface area contributed by atoms with Crippen molar-refractivity contribution in [1.29, 1.82) is 0 Å². The SMILES string of the molecule is C[SiH](C)OC([C@@H]1CCCN1C(=O)OCc1ccccc1)C(C)(C)C. The van der Waals surface area contributed by atoms with Crippen molar-refractivity contribution in [1.82, 2.24) is 4.90 Å². The molecule has 1 fully saturated rings. The van der Waals surface area contributed by atoms with Gasteiger partial charge in [-0.3, -0.25) is 0 Å². The van der Waals surface area contributed by atoms with E-state index in [1.54, 1.807) is 0 Å². The van der Waals surface area contributed by atoms with Gasteiger partial charge >= 0.3 is 6.09 Å². The van der Waals surface area contributed by atoms with Crippen LogP contribution in [0, 0.1) is 5.41 Å². The Balaban J connectivity index is 2.03. The summed E-state index contributed by atoms with van der Waals surface area (Å²) in [5.41, 5.74) is 1.02. The monoisotopic (exact) mass is 349 g/mol. The number of ether oxygens (including phenoxy) is 1. The predicted octanol–water partition coefficient (Wildman–Crippen LogP) is 4.20. The van der Waals surface area contributed by atoms with Gasteiger partial charge in [-0.2, -0.15) is 0 Å². The summed E-state index contributed by atoms with van der Waals surface area (Å²) in [5, 5.41) is 0. The highest BCUT2D eigenvalue weighted by Gasteiger charge is 2.41. The van der Waals surface area contributed by atoms with Crippen LogP contribution in [0.3, 0.4) is 0 Å². The van der Waals surface area contributed by atoms with Crippen molar-refractivity contribution in [2.75, 3.05) is 6.54 Å². The zero-order valence-electron chi connectivity index (χ0n) is 15.6. The highest BCUT2D eigenvalue weighted by Crippen LogP contribution is 2.33. The molecule has 2 atom stereocenters. The first kappa shape index (κ1) is 19.0. The average Bonchev–Trinajstić information content (AvgIpc) is 2.99. The lowest BCUT2D eigenvalue weighted by atomic mass is 9.84. The number of carbonyl (C=O) groups is 1. The third kappa shape index (κ3) is 5.08. The van der Waals surface area contributed by atoms with Crippen molar-refractivity contribution >= 4 is 15.1 Å². The highest BCUT2D eigenvalue weighted by atomic mass is 28.3. The van der Waals surface area contributed by atoms with E-state index >= 15 is 0 Å². The number of carbonyl (C=O) groups excluding carboxylic acids is 1. The Morgan fingerprint density at radius 3 is 2.54 bits per heavy atom. The number of amides is 1. The molecule has 0 bridgehead atoms. The van der Waals surface area contributed by atoms with E-state index < -0.39 is 9.04 Å². The fourth-order valence-corrected chi connectivity index (χ4v) is 4.48. The van der Waals surface area contributed by atoms with Crippen molar-refractivity contribution in [3.8, 4) is 0 Å². The van der Waals surface area contributed by atoms with Crippen molar-refractivity contribution in [2.24, 2.45) is 5.41 Å². The topological polar surface area (TPSA) is 38.8 Å². The van der Waals surface area contributed by atoms with Crippen LogP contribution < -0.4 is 0 Å². The molecular weight excluding hydrogens is 318 g/mol. The van der Waals surface area contributed by atoms with E-state index in [0.717, 1.165) is 24.9 Å². The molecule has 1 saturated heterocycles. The van der Waals surface area contributed by atoms with Gasteiger partial charge in [-0.05, 0) is 36.9 Å². The summed E-state index contributed by atoms with van der Waals surface area (Å²) < 4.78 is 11.9. The van der Waals surface area contributed by atoms with Crippen LogP contribution in [0.2, 0.25) is 13.1 Å². The fourth-order valence-electron chi connectivity index (χ4n) is 3.30. The van der Waals surface area contributed by atoms with Gasteiger partial charge in [0.2, 0.25) is 0 Å². The average molecular weight is 350 g/mol. The maximum Gasteiger partial charge on any atom is 0.410 e. The molecule has 0 saturated carbocycles. The van der Waals surface area contributed by atoms with E-state index in [2.05, 4.69) is 33.9 Å². The molecule has 134 valence electrons. The standard InChI is InChI=1S/C19H31NO3Si/c1-19(2,3)17(23-24(4)5)16-12-9-13-20(16)18(21)22-14-15-10-7-6-8-11-15/h6-8,10-11,16-17,24H,9,12-14H2,1-5H3/t16-,17?/m0/s1. The number of hydrogen-bond donors (Lipinski definition) is 0. The molecule has 5 heteroatoms. The minimum absolute atomic E-state index is 0.00420. The van der Waals surface area contributed by atoms with Crippen LogP contribution >= 0.6 is 0 Å². The summed E-state index contributed by atoms with van der Waals surface area (Å²) in [7, 11) is -1.19. The second kappa shape index (κ2) is 8.16. The quantitative estimate of drug-likeness (QED) is 0.748. The minimum Gasteiger partial charge on any atom is -0.445 e. The molecule has 24 heavy (non-hydrogen) atoms. The molecule has 1 aromatic rings. The molecule has 1 unspecified atom stereocenters. The normalized spacial score (nSPS) is 19.6. The van der Waals surface area contributed by atoms with E-state index in [1.165, 1.54) is 0 Å². The third-order valence-electron chi connectivity index (χ3n) is 4.36. The summed E-state index contributed by atoms with van der Waals surface area (Å²) in [4.78, 5) is 14.5. The smallest absolute Gasteiger partial charge is 0.410 e. The Kier molecular flexibility index (Phi) is 6.46. The van der Waals surface area contributed by atoms with Crippen molar-refractivity contribution in [2.45, 2.75) is 65.5 Å². The zero-order chi connectivity index (χ0) is 17.7. The van der Waals surface area contributed by atoms with Crippen LogP contribution in [0.4, 0.5) is 4.79 Å². The molecule has 0 radical (unpaired) electrons. The van der Waals surface area contributed by atoms with E-state index in [9.17, 15) is 4.79 Å². The lowest BCUT2D eigenvalue weighted by Crippen LogP contribution is -2.50. The van der Waals surface area contributed by atoms with Crippen molar-refractivity contribution in [3.63, 3.8) is 0 Å². The molecule has 1 aliphatic rings. The minimum atomic E-state index is -1.19. The molecule has 0 aliphatic carbocycles. The van der Waals surface area contributed by atoms with Crippen LogP contribution in [0.5, 0.6) is 0 Å². The first-order valence-corrected chi connectivity index (χ1v) is 11.7. The van der Waals surface area contributed by atoms with Gasteiger partial charge < -0.3 is 14.1 Å². The highest BCUT2D eigenvalue weighted by molar-refractivity contribution is 6.48. The van der Waals surface area contributed by atoms with Gasteiger partial charge in [-0.1, -0.05) is 51.1 Å². The maximum atomic E-state index is 12.6. The molecule has 1 amide bonds. The fraction of sp³-hybridized carbons (Fsp3) is 0.632. The summed E-state index contributed by atoms with van der Waals surface area (Å²) in [6, 6.07) is 9.93. The van der Waals surface area contributed by atoms with Crippen molar-refractivity contribution < 1.29 is 14.0 Å². The molecule has 0 spiro atoms.